The molecule has 0 atom stereocenters. The monoisotopic (exact) mass is 293 g/mol. The van der Waals surface area contributed by atoms with Gasteiger partial charge in [-0.3, -0.25) is 4.79 Å². The molecule has 2 heterocycles. The summed E-state index contributed by atoms with van der Waals surface area (Å²) in [5, 5.41) is 6.02. The largest absolute Gasteiger partial charge is 0.370 e. The molecule has 21 heavy (non-hydrogen) atoms. The molecule has 0 unspecified atom stereocenters. The number of amides is 1. The number of aromatic nitrogens is 1. The van der Waals surface area contributed by atoms with Crippen LogP contribution in [0.2, 0.25) is 0 Å². The first-order valence-electron chi connectivity index (χ1n) is 7.39. The third kappa shape index (κ3) is 4.68. The lowest BCUT2D eigenvalue weighted by Gasteiger charge is -2.22. The van der Waals surface area contributed by atoms with Crippen LogP contribution in [0.15, 0.2) is 18.3 Å². The highest BCUT2D eigenvalue weighted by molar-refractivity contribution is 5.93. The molecule has 0 spiro atoms. The average molecular weight is 293 g/mol. The van der Waals surface area contributed by atoms with Gasteiger partial charge in [0.1, 0.15) is 5.82 Å². The van der Waals surface area contributed by atoms with Crippen LogP contribution in [0.4, 0.5) is 5.82 Å². The van der Waals surface area contributed by atoms with Crippen LogP contribution in [0, 0.1) is 0 Å². The van der Waals surface area contributed by atoms with E-state index in [1.807, 2.05) is 13.8 Å². The molecule has 1 aromatic rings. The van der Waals surface area contributed by atoms with E-state index in [-0.39, 0.29) is 5.91 Å². The van der Waals surface area contributed by atoms with Crippen molar-refractivity contribution < 1.29 is 14.3 Å². The van der Waals surface area contributed by atoms with E-state index in [4.69, 9.17) is 9.47 Å². The Morgan fingerprint density at radius 1 is 1.33 bits per heavy atom. The third-order valence-electron chi connectivity index (χ3n) is 3.34. The molecule has 0 aromatic carbocycles. The number of anilines is 1. The van der Waals surface area contributed by atoms with Crippen molar-refractivity contribution in [1.29, 1.82) is 0 Å². The molecule has 1 aliphatic heterocycles. The van der Waals surface area contributed by atoms with Crippen LogP contribution in [-0.2, 0) is 9.47 Å². The Balaban J connectivity index is 1.78. The van der Waals surface area contributed by atoms with E-state index < -0.39 is 5.79 Å². The van der Waals surface area contributed by atoms with Crippen molar-refractivity contribution in [1.82, 2.24) is 10.3 Å². The van der Waals surface area contributed by atoms with Gasteiger partial charge in [-0.05, 0) is 25.5 Å². The van der Waals surface area contributed by atoms with Crippen LogP contribution < -0.4 is 10.6 Å². The molecular weight excluding hydrogens is 270 g/mol. The summed E-state index contributed by atoms with van der Waals surface area (Å²) < 4.78 is 11.1. The first-order valence-corrected chi connectivity index (χ1v) is 7.39. The van der Waals surface area contributed by atoms with Gasteiger partial charge in [0.25, 0.3) is 5.91 Å². The second kappa shape index (κ2) is 7.38. The van der Waals surface area contributed by atoms with Crippen molar-refractivity contribution in [3.63, 3.8) is 0 Å². The molecule has 116 valence electrons. The summed E-state index contributed by atoms with van der Waals surface area (Å²) in [7, 11) is 0. The van der Waals surface area contributed by atoms with Crippen molar-refractivity contribution in [3.8, 4) is 0 Å². The molecule has 2 rings (SSSR count). The maximum absolute atomic E-state index is 11.7. The Morgan fingerprint density at radius 2 is 2.10 bits per heavy atom. The maximum atomic E-state index is 11.7. The van der Waals surface area contributed by atoms with E-state index >= 15 is 0 Å². The molecule has 0 aliphatic carbocycles. The highest BCUT2D eigenvalue weighted by Crippen LogP contribution is 2.22. The summed E-state index contributed by atoms with van der Waals surface area (Å²) in [6.45, 7) is 6.63. The molecule has 0 bridgehead atoms. The molecule has 1 fully saturated rings. The second-order valence-electron chi connectivity index (χ2n) is 5.20. The maximum Gasteiger partial charge on any atom is 0.252 e. The number of hydrogen-bond donors (Lipinski definition) is 2. The minimum absolute atomic E-state index is 0.0869. The summed E-state index contributed by atoms with van der Waals surface area (Å²) in [6.07, 6.45) is 3.24. The van der Waals surface area contributed by atoms with Gasteiger partial charge in [-0.1, -0.05) is 6.92 Å². The fourth-order valence-electron chi connectivity index (χ4n) is 2.09. The van der Waals surface area contributed by atoms with E-state index in [9.17, 15) is 4.79 Å². The fraction of sp³-hybridized carbons (Fsp3) is 0.600. The van der Waals surface area contributed by atoms with Gasteiger partial charge in [0.15, 0.2) is 5.79 Å². The predicted molar refractivity (Wildman–Crippen MR) is 80.3 cm³/mol. The summed E-state index contributed by atoms with van der Waals surface area (Å²) in [5.41, 5.74) is 0.573. The zero-order valence-electron chi connectivity index (χ0n) is 12.6. The fourth-order valence-corrected chi connectivity index (χ4v) is 2.09. The van der Waals surface area contributed by atoms with Gasteiger partial charge >= 0.3 is 0 Å². The van der Waals surface area contributed by atoms with Gasteiger partial charge in [-0.15, -0.1) is 0 Å². The number of hydrogen-bond acceptors (Lipinski definition) is 5. The average Bonchev–Trinajstić information content (AvgIpc) is 2.92. The Morgan fingerprint density at radius 3 is 2.71 bits per heavy atom. The van der Waals surface area contributed by atoms with Crippen LogP contribution in [0.25, 0.3) is 0 Å². The first kappa shape index (κ1) is 15.7. The number of ether oxygens (including phenoxy) is 2. The number of rotatable bonds is 7. The lowest BCUT2D eigenvalue weighted by atomic mass is 10.2. The van der Waals surface area contributed by atoms with Crippen molar-refractivity contribution in [2.45, 2.75) is 32.5 Å². The molecule has 2 N–H and O–H groups in total. The van der Waals surface area contributed by atoms with Crippen LogP contribution in [0.3, 0.4) is 0 Å². The van der Waals surface area contributed by atoms with E-state index in [1.54, 1.807) is 18.3 Å². The van der Waals surface area contributed by atoms with Crippen LogP contribution in [0.5, 0.6) is 0 Å². The molecule has 1 amide bonds. The van der Waals surface area contributed by atoms with E-state index in [0.717, 1.165) is 18.7 Å². The normalized spacial score (nSPS) is 16.7. The summed E-state index contributed by atoms with van der Waals surface area (Å²) in [4.78, 5) is 16.0. The Bertz CT molecular complexity index is 456. The van der Waals surface area contributed by atoms with Crippen LogP contribution in [0.1, 0.15) is 37.0 Å². The van der Waals surface area contributed by atoms with Gasteiger partial charge in [-0.2, -0.15) is 0 Å². The zero-order chi connectivity index (χ0) is 15.1. The highest BCUT2D eigenvalue weighted by Gasteiger charge is 2.30. The summed E-state index contributed by atoms with van der Waals surface area (Å²) >= 11 is 0. The van der Waals surface area contributed by atoms with Crippen molar-refractivity contribution in [2.75, 3.05) is 31.6 Å². The lowest BCUT2D eigenvalue weighted by molar-refractivity contribution is -0.144. The topological polar surface area (TPSA) is 72.5 Å². The number of carbonyl (C=O) groups is 1. The Kier molecular flexibility index (Phi) is 5.52. The van der Waals surface area contributed by atoms with Gasteiger partial charge < -0.3 is 20.1 Å². The zero-order valence-corrected chi connectivity index (χ0v) is 12.6. The molecule has 0 saturated carbocycles. The molecule has 1 aliphatic rings. The first-order chi connectivity index (χ1) is 10.1. The lowest BCUT2D eigenvalue weighted by Crippen LogP contribution is -2.28. The van der Waals surface area contributed by atoms with Crippen LogP contribution >= 0.6 is 0 Å². The van der Waals surface area contributed by atoms with E-state index in [0.29, 0.717) is 31.9 Å². The van der Waals surface area contributed by atoms with Crippen molar-refractivity contribution in [2.24, 2.45) is 0 Å². The van der Waals surface area contributed by atoms with Crippen LogP contribution in [-0.4, -0.2) is 43.0 Å². The van der Waals surface area contributed by atoms with Crippen molar-refractivity contribution >= 4 is 11.7 Å². The summed E-state index contributed by atoms with van der Waals surface area (Å²) in [5.74, 6) is 0.160. The molecule has 6 nitrogen and oxygen atoms in total. The van der Waals surface area contributed by atoms with Crippen molar-refractivity contribution in [3.05, 3.63) is 23.9 Å². The number of nitrogens with one attached hydrogen (secondary N) is 2. The van der Waals surface area contributed by atoms with Gasteiger partial charge in [-0.25, -0.2) is 4.98 Å². The number of nitrogens with zero attached hydrogens (tertiary/aromatic N) is 1. The molecule has 1 saturated heterocycles. The van der Waals surface area contributed by atoms with Gasteiger partial charge in [0.2, 0.25) is 0 Å². The quantitative estimate of drug-likeness (QED) is 0.802. The SMILES string of the molecule is CCCNC(=O)c1ccc(NCCC2(C)OCCO2)nc1. The highest BCUT2D eigenvalue weighted by atomic mass is 16.7. The molecular formula is C15H23N3O3. The van der Waals surface area contributed by atoms with Gasteiger partial charge in [0, 0.05) is 25.7 Å². The number of carbonyl (C=O) groups excluding carboxylic acids is 1. The predicted octanol–water partition coefficient (Wildman–Crippen LogP) is 1.79. The smallest absolute Gasteiger partial charge is 0.252 e. The van der Waals surface area contributed by atoms with E-state index in [1.165, 1.54) is 0 Å². The Hall–Kier alpha value is -1.66. The standard InChI is InChI=1S/C15H23N3O3/c1-3-7-17-14(19)12-4-5-13(18-11-12)16-8-6-15(2)20-9-10-21-15/h4-5,11H,3,6-10H2,1-2H3,(H,16,18)(H,17,19). The summed E-state index contributed by atoms with van der Waals surface area (Å²) in [6, 6.07) is 3.57. The third-order valence-corrected chi connectivity index (χ3v) is 3.34. The Labute approximate surface area is 125 Å². The van der Waals surface area contributed by atoms with Gasteiger partial charge in [0.05, 0.1) is 18.8 Å². The van der Waals surface area contributed by atoms with E-state index in [2.05, 4.69) is 15.6 Å². The molecule has 0 radical (unpaired) electrons. The molecule has 6 heteroatoms. The molecule has 1 aromatic heterocycles. The second-order valence-corrected chi connectivity index (χ2v) is 5.20. The number of pyridine rings is 1. The minimum atomic E-state index is -0.493. The minimum Gasteiger partial charge on any atom is -0.370 e.